The quantitative estimate of drug-likeness (QED) is 0.811. The van der Waals surface area contributed by atoms with Crippen molar-refractivity contribution in [1.29, 1.82) is 0 Å². The molecule has 4 rings (SSSR count). The van der Waals surface area contributed by atoms with Crippen LogP contribution in [0, 0.1) is 5.92 Å². The van der Waals surface area contributed by atoms with Crippen molar-refractivity contribution in [3.63, 3.8) is 0 Å². The average Bonchev–Trinajstić information content (AvgIpc) is 3.58. The molecule has 1 atom stereocenters. The lowest BCUT2D eigenvalue weighted by Crippen LogP contribution is -2.48. The van der Waals surface area contributed by atoms with Crippen molar-refractivity contribution >= 4 is 11.8 Å². The van der Waals surface area contributed by atoms with Gasteiger partial charge >= 0.3 is 0 Å². The lowest BCUT2D eigenvalue weighted by Gasteiger charge is -2.35. The molecule has 0 aromatic heterocycles. The van der Waals surface area contributed by atoms with Crippen molar-refractivity contribution in [2.75, 3.05) is 32.8 Å². The van der Waals surface area contributed by atoms with E-state index in [4.69, 9.17) is 4.74 Å². The first-order chi connectivity index (χ1) is 13.7. The molecular formula is C22H31N3O3. The Labute approximate surface area is 167 Å². The highest BCUT2D eigenvalue weighted by atomic mass is 16.5. The Balaban J connectivity index is 1.28. The maximum atomic E-state index is 13.2. The molecule has 2 saturated heterocycles. The highest BCUT2D eigenvalue weighted by Gasteiger charge is 2.37. The van der Waals surface area contributed by atoms with E-state index < -0.39 is 0 Å². The summed E-state index contributed by atoms with van der Waals surface area (Å²) in [5.74, 6) is 0.502. The molecule has 1 N–H and O–H groups in total. The van der Waals surface area contributed by atoms with Crippen LogP contribution in [0.25, 0.3) is 0 Å². The number of likely N-dealkylation sites (tertiary alicyclic amines) is 1. The predicted octanol–water partition coefficient (Wildman–Crippen LogP) is 1.79. The zero-order chi connectivity index (χ0) is 19.3. The van der Waals surface area contributed by atoms with Crippen molar-refractivity contribution < 1.29 is 14.3 Å². The molecule has 6 heteroatoms. The molecule has 152 valence electrons. The number of hydrogen-bond donors (Lipinski definition) is 1. The second kappa shape index (κ2) is 9.05. The highest BCUT2D eigenvalue weighted by Crippen LogP contribution is 2.32. The van der Waals surface area contributed by atoms with Crippen LogP contribution in [-0.2, 0) is 20.9 Å². The number of amides is 2. The number of piperidine rings is 1. The highest BCUT2D eigenvalue weighted by molar-refractivity contribution is 5.81. The second-order valence-corrected chi connectivity index (χ2v) is 8.27. The van der Waals surface area contributed by atoms with Crippen LogP contribution in [0.4, 0.5) is 0 Å². The van der Waals surface area contributed by atoms with Gasteiger partial charge in [-0.3, -0.25) is 9.59 Å². The van der Waals surface area contributed by atoms with Crippen LogP contribution in [-0.4, -0.2) is 66.5 Å². The molecule has 28 heavy (non-hydrogen) atoms. The van der Waals surface area contributed by atoms with Gasteiger partial charge in [0.05, 0.1) is 13.2 Å². The number of nitrogens with zero attached hydrogens (tertiary/aromatic N) is 2. The molecular weight excluding hydrogens is 354 g/mol. The van der Waals surface area contributed by atoms with Gasteiger partial charge in [0.15, 0.2) is 0 Å². The fourth-order valence-electron chi connectivity index (χ4n) is 4.25. The Morgan fingerprint density at radius 1 is 1.11 bits per heavy atom. The number of nitrogens with one attached hydrogen (secondary N) is 1. The number of benzene rings is 1. The Morgan fingerprint density at radius 2 is 1.86 bits per heavy atom. The number of ether oxygens (including phenoxy) is 1. The van der Waals surface area contributed by atoms with Crippen molar-refractivity contribution in [3.05, 3.63) is 35.9 Å². The first-order valence-corrected chi connectivity index (χ1v) is 10.6. The van der Waals surface area contributed by atoms with E-state index in [1.54, 1.807) is 0 Å². The van der Waals surface area contributed by atoms with Crippen molar-refractivity contribution in [2.24, 2.45) is 5.92 Å². The Bertz CT molecular complexity index is 663. The molecule has 1 saturated carbocycles. The zero-order valence-electron chi connectivity index (χ0n) is 16.5. The Morgan fingerprint density at radius 3 is 2.50 bits per heavy atom. The summed E-state index contributed by atoms with van der Waals surface area (Å²) in [4.78, 5) is 29.8. The van der Waals surface area contributed by atoms with Gasteiger partial charge in [0.25, 0.3) is 0 Å². The van der Waals surface area contributed by atoms with Crippen LogP contribution < -0.4 is 5.32 Å². The minimum absolute atomic E-state index is 0.0458. The number of morpholine rings is 1. The Kier molecular flexibility index (Phi) is 6.27. The standard InChI is InChI=1S/C22H31N3O3/c26-21(14-19-16-28-13-10-23-19)24-11-8-18(9-12-24)22(27)25(20-6-7-20)15-17-4-2-1-3-5-17/h1-5,18-20,23H,6-16H2. The fraction of sp³-hybridized carbons (Fsp3) is 0.636. The lowest BCUT2D eigenvalue weighted by atomic mass is 9.94. The van der Waals surface area contributed by atoms with Gasteiger partial charge < -0.3 is 19.9 Å². The third kappa shape index (κ3) is 4.92. The van der Waals surface area contributed by atoms with Crippen LogP contribution in [0.5, 0.6) is 0 Å². The number of rotatable bonds is 6. The van der Waals surface area contributed by atoms with Gasteiger partial charge in [0, 0.05) is 50.6 Å². The minimum atomic E-state index is 0.0458. The maximum Gasteiger partial charge on any atom is 0.226 e. The smallest absolute Gasteiger partial charge is 0.226 e. The fourth-order valence-corrected chi connectivity index (χ4v) is 4.25. The van der Waals surface area contributed by atoms with E-state index in [1.807, 2.05) is 23.1 Å². The molecule has 2 aliphatic heterocycles. The number of carbonyl (C=O) groups is 2. The van der Waals surface area contributed by atoms with Gasteiger partial charge in [-0.05, 0) is 31.2 Å². The first-order valence-electron chi connectivity index (χ1n) is 10.6. The van der Waals surface area contributed by atoms with Crippen LogP contribution in [0.15, 0.2) is 30.3 Å². The molecule has 6 nitrogen and oxygen atoms in total. The summed E-state index contributed by atoms with van der Waals surface area (Å²) in [5, 5.41) is 3.34. The topological polar surface area (TPSA) is 61.9 Å². The first kappa shape index (κ1) is 19.4. The molecule has 3 aliphatic rings. The maximum absolute atomic E-state index is 13.2. The van der Waals surface area contributed by atoms with Crippen molar-refractivity contribution in [3.8, 4) is 0 Å². The van der Waals surface area contributed by atoms with Gasteiger partial charge in [0.2, 0.25) is 11.8 Å². The van der Waals surface area contributed by atoms with E-state index in [0.29, 0.717) is 38.7 Å². The minimum Gasteiger partial charge on any atom is -0.378 e. The van der Waals surface area contributed by atoms with E-state index in [2.05, 4.69) is 22.3 Å². The van der Waals surface area contributed by atoms with E-state index in [0.717, 1.165) is 38.8 Å². The van der Waals surface area contributed by atoms with Crippen LogP contribution in [0.3, 0.4) is 0 Å². The third-order valence-corrected chi connectivity index (χ3v) is 6.08. The molecule has 3 fully saturated rings. The number of carbonyl (C=O) groups excluding carboxylic acids is 2. The third-order valence-electron chi connectivity index (χ3n) is 6.08. The molecule has 0 spiro atoms. The van der Waals surface area contributed by atoms with Gasteiger partial charge in [-0.1, -0.05) is 30.3 Å². The van der Waals surface area contributed by atoms with Crippen LogP contribution in [0.1, 0.15) is 37.7 Å². The summed E-state index contributed by atoms with van der Waals surface area (Å²) >= 11 is 0. The summed E-state index contributed by atoms with van der Waals surface area (Å²) in [6.07, 6.45) is 4.27. The zero-order valence-corrected chi connectivity index (χ0v) is 16.5. The summed E-state index contributed by atoms with van der Waals surface area (Å²) < 4.78 is 5.44. The SMILES string of the molecule is O=C(CC1COCCN1)N1CCC(C(=O)N(Cc2ccccc2)C2CC2)CC1. The summed E-state index contributed by atoms with van der Waals surface area (Å²) in [6, 6.07) is 10.8. The second-order valence-electron chi connectivity index (χ2n) is 8.27. The van der Waals surface area contributed by atoms with E-state index in [9.17, 15) is 9.59 Å². The molecule has 2 heterocycles. The molecule has 1 aliphatic carbocycles. The average molecular weight is 386 g/mol. The lowest BCUT2D eigenvalue weighted by molar-refractivity contribution is -0.142. The monoisotopic (exact) mass is 385 g/mol. The molecule has 1 unspecified atom stereocenters. The number of hydrogen-bond acceptors (Lipinski definition) is 4. The molecule has 1 aromatic carbocycles. The largest absolute Gasteiger partial charge is 0.378 e. The van der Waals surface area contributed by atoms with E-state index in [-0.39, 0.29) is 23.8 Å². The molecule has 2 amide bonds. The predicted molar refractivity (Wildman–Crippen MR) is 107 cm³/mol. The van der Waals surface area contributed by atoms with Crippen molar-refractivity contribution in [2.45, 2.75) is 50.7 Å². The van der Waals surface area contributed by atoms with Gasteiger partial charge in [0.1, 0.15) is 0 Å². The van der Waals surface area contributed by atoms with Gasteiger partial charge in [-0.2, -0.15) is 0 Å². The molecule has 0 bridgehead atoms. The summed E-state index contributed by atoms with van der Waals surface area (Å²) in [6.45, 7) is 4.22. The van der Waals surface area contributed by atoms with E-state index in [1.165, 1.54) is 5.56 Å². The molecule has 1 aromatic rings. The normalized spacial score (nSPS) is 23.4. The van der Waals surface area contributed by atoms with Crippen molar-refractivity contribution in [1.82, 2.24) is 15.1 Å². The summed E-state index contributed by atoms with van der Waals surface area (Å²) in [7, 11) is 0. The van der Waals surface area contributed by atoms with E-state index >= 15 is 0 Å². The molecule has 0 radical (unpaired) electrons. The van der Waals surface area contributed by atoms with Crippen LogP contribution >= 0.6 is 0 Å². The van der Waals surface area contributed by atoms with Crippen LogP contribution in [0.2, 0.25) is 0 Å². The summed E-state index contributed by atoms with van der Waals surface area (Å²) in [5.41, 5.74) is 1.19. The Hall–Kier alpha value is -1.92. The van der Waals surface area contributed by atoms with Gasteiger partial charge in [-0.25, -0.2) is 0 Å². The van der Waals surface area contributed by atoms with Gasteiger partial charge in [-0.15, -0.1) is 0 Å².